The Morgan fingerprint density at radius 3 is 2.53 bits per heavy atom. The zero-order valence-electron chi connectivity index (χ0n) is 10.0. The van der Waals surface area contributed by atoms with Gasteiger partial charge in [-0.15, -0.1) is 0 Å². The molecule has 106 valence electrons. The molecule has 3 N–H and O–H groups in total. The molecule has 0 amide bonds. The predicted octanol–water partition coefficient (Wildman–Crippen LogP) is 0.268. The van der Waals surface area contributed by atoms with E-state index in [0.29, 0.717) is 10.5 Å². The van der Waals surface area contributed by atoms with Gasteiger partial charge in [-0.3, -0.25) is 9.96 Å². The van der Waals surface area contributed by atoms with Gasteiger partial charge >= 0.3 is 10.4 Å². The number of aromatic nitrogens is 2. The normalized spacial score (nSPS) is 16.4. The molecule has 0 radical (unpaired) electrons. The van der Waals surface area contributed by atoms with Crippen LogP contribution in [0.5, 0.6) is 0 Å². The third kappa shape index (κ3) is 3.35. The van der Waals surface area contributed by atoms with Gasteiger partial charge in [-0.1, -0.05) is 0 Å². The van der Waals surface area contributed by atoms with Crippen LogP contribution in [0.15, 0.2) is 6.07 Å². The number of hydrogen-bond donors (Lipinski definition) is 2. The first-order valence-corrected chi connectivity index (χ1v) is 7.06. The van der Waals surface area contributed by atoms with Crippen LogP contribution in [0, 0.1) is 5.41 Å². The molecule has 19 heavy (non-hydrogen) atoms. The van der Waals surface area contributed by atoms with Gasteiger partial charge in [0.05, 0.1) is 11.8 Å². The molecule has 9 nitrogen and oxygen atoms in total. The van der Waals surface area contributed by atoms with E-state index < -0.39 is 16.3 Å². The molecule has 1 saturated heterocycles. The lowest BCUT2D eigenvalue weighted by Gasteiger charge is -2.31. The van der Waals surface area contributed by atoms with Crippen molar-refractivity contribution >= 4 is 22.2 Å². The van der Waals surface area contributed by atoms with Crippen molar-refractivity contribution in [1.29, 1.82) is 5.41 Å². The van der Waals surface area contributed by atoms with E-state index >= 15 is 0 Å². The molecule has 1 fully saturated rings. The van der Waals surface area contributed by atoms with Crippen molar-refractivity contribution in [3.05, 3.63) is 17.3 Å². The Labute approximate surface area is 110 Å². The number of piperidine rings is 1. The number of rotatable bonds is 3. The predicted molar refractivity (Wildman–Crippen MR) is 66.3 cm³/mol. The van der Waals surface area contributed by atoms with Crippen molar-refractivity contribution in [2.75, 3.05) is 18.0 Å². The SMILES string of the molecule is N=c1cc(N2CCCCC2)nc([NH-])n1OS(=O)(=O)O. The molecule has 0 bridgehead atoms. The first-order valence-electron chi connectivity index (χ1n) is 5.69. The number of nitrogens with zero attached hydrogens (tertiary/aromatic N) is 3. The second-order valence-electron chi connectivity index (χ2n) is 4.17. The summed E-state index contributed by atoms with van der Waals surface area (Å²) >= 11 is 0. The minimum Gasteiger partial charge on any atom is -0.408 e. The lowest BCUT2D eigenvalue weighted by atomic mass is 10.1. The highest BCUT2D eigenvalue weighted by Gasteiger charge is 2.12. The van der Waals surface area contributed by atoms with Crippen LogP contribution in [-0.4, -0.2) is 35.8 Å². The van der Waals surface area contributed by atoms with Gasteiger partial charge in [-0.2, -0.15) is 8.42 Å². The Morgan fingerprint density at radius 2 is 2.00 bits per heavy atom. The molecule has 1 aromatic heterocycles. The molecule has 0 atom stereocenters. The largest absolute Gasteiger partial charge is 0.454 e. The Bertz CT molecular complexity index is 620. The molecule has 0 aliphatic carbocycles. The first kappa shape index (κ1) is 13.6. The molecular weight excluding hydrogens is 274 g/mol. The van der Waals surface area contributed by atoms with Crippen LogP contribution in [0.25, 0.3) is 5.73 Å². The molecule has 0 spiro atoms. The highest BCUT2D eigenvalue weighted by atomic mass is 32.3. The Morgan fingerprint density at radius 1 is 1.37 bits per heavy atom. The van der Waals surface area contributed by atoms with Crippen LogP contribution in [-0.2, 0) is 10.4 Å². The number of nitrogens with one attached hydrogen (secondary N) is 2. The van der Waals surface area contributed by atoms with Crippen molar-refractivity contribution in [2.45, 2.75) is 19.3 Å². The number of anilines is 1. The first-order chi connectivity index (χ1) is 8.87. The average molecular weight is 288 g/mol. The van der Waals surface area contributed by atoms with E-state index in [-0.39, 0.29) is 5.49 Å². The molecule has 0 aromatic carbocycles. The number of hydrogen-bond acceptors (Lipinski definition) is 6. The average Bonchev–Trinajstić information content (AvgIpc) is 2.33. The summed E-state index contributed by atoms with van der Waals surface area (Å²) in [6.45, 7) is 1.57. The highest BCUT2D eigenvalue weighted by Crippen LogP contribution is 2.18. The van der Waals surface area contributed by atoms with Crippen molar-refractivity contribution in [2.24, 2.45) is 0 Å². The Hall–Kier alpha value is -1.81. The minimum absolute atomic E-state index is 0.336. The van der Waals surface area contributed by atoms with E-state index in [1.165, 1.54) is 6.07 Å². The van der Waals surface area contributed by atoms with Gasteiger partial charge in [-0.25, -0.2) is 4.73 Å². The maximum absolute atomic E-state index is 10.6. The van der Waals surface area contributed by atoms with E-state index in [1.807, 2.05) is 4.90 Å². The monoisotopic (exact) mass is 288 g/mol. The summed E-state index contributed by atoms with van der Waals surface area (Å²) in [5.74, 6) is -0.129. The third-order valence-electron chi connectivity index (χ3n) is 2.75. The van der Waals surface area contributed by atoms with Gasteiger partial charge < -0.3 is 19.9 Å². The maximum Gasteiger partial charge on any atom is 0.454 e. The second kappa shape index (κ2) is 5.05. The zero-order chi connectivity index (χ0) is 14.0. The van der Waals surface area contributed by atoms with Crippen LogP contribution >= 0.6 is 0 Å². The zero-order valence-corrected chi connectivity index (χ0v) is 10.9. The summed E-state index contributed by atoms with van der Waals surface area (Å²) in [6, 6.07) is 1.30. The minimum atomic E-state index is -4.79. The fourth-order valence-electron chi connectivity index (χ4n) is 1.94. The summed E-state index contributed by atoms with van der Waals surface area (Å²) in [5, 5.41) is 7.63. The fourth-order valence-corrected chi connectivity index (χ4v) is 2.28. The molecule has 0 unspecified atom stereocenters. The topological polar surface area (TPSA) is 132 Å². The molecular formula is C9H14N5O4S-. The van der Waals surface area contributed by atoms with Gasteiger partial charge in [0, 0.05) is 13.1 Å². The Balaban J connectivity index is 2.33. The third-order valence-corrected chi connectivity index (χ3v) is 3.08. The van der Waals surface area contributed by atoms with Gasteiger partial charge in [0.2, 0.25) is 0 Å². The van der Waals surface area contributed by atoms with E-state index in [2.05, 4.69) is 9.27 Å². The van der Waals surface area contributed by atoms with Gasteiger partial charge in [0.15, 0.2) is 0 Å². The van der Waals surface area contributed by atoms with Crippen molar-refractivity contribution < 1.29 is 17.3 Å². The van der Waals surface area contributed by atoms with Crippen LogP contribution in [0.2, 0.25) is 0 Å². The lowest BCUT2D eigenvalue weighted by Crippen LogP contribution is -2.35. The summed E-state index contributed by atoms with van der Waals surface area (Å²) in [4.78, 5) is 5.80. The molecule has 10 heteroatoms. The summed E-state index contributed by atoms with van der Waals surface area (Å²) in [7, 11) is -4.79. The van der Waals surface area contributed by atoms with Crippen molar-refractivity contribution in [3.8, 4) is 0 Å². The quantitative estimate of drug-likeness (QED) is 0.767. The smallest absolute Gasteiger partial charge is 0.408 e. The summed E-state index contributed by atoms with van der Waals surface area (Å²) in [5.41, 5.74) is 7.18. The standard InChI is InChI=1S/C9H14N5O4S/c10-7-6-8(13-4-2-1-3-5-13)12-9(11)14(7)18-19(15,16)17/h6,10H,1-5H2,(H2-,11,12,15,16,17)/q-1. The van der Waals surface area contributed by atoms with Crippen molar-refractivity contribution in [3.63, 3.8) is 0 Å². The van der Waals surface area contributed by atoms with Gasteiger partial charge in [0.1, 0.15) is 5.49 Å². The Kier molecular flexibility index (Phi) is 3.62. The van der Waals surface area contributed by atoms with E-state index in [0.717, 1.165) is 32.4 Å². The van der Waals surface area contributed by atoms with Crippen LogP contribution in [0.3, 0.4) is 0 Å². The van der Waals surface area contributed by atoms with Crippen LogP contribution < -0.4 is 14.7 Å². The lowest BCUT2D eigenvalue weighted by molar-refractivity contribution is 0.229. The van der Waals surface area contributed by atoms with Gasteiger partial charge in [-0.05, 0) is 25.3 Å². The van der Waals surface area contributed by atoms with Crippen LogP contribution in [0.1, 0.15) is 19.3 Å². The fraction of sp³-hybridized carbons (Fsp3) is 0.556. The maximum atomic E-state index is 10.6. The molecule has 2 rings (SSSR count). The van der Waals surface area contributed by atoms with E-state index in [1.54, 1.807) is 0 Å². The summed E-state index contributed by atoms with van der Waals surface area (Å²) in [6.07, 6.45) is 3.16. The molecule has 0 saturated carbocycles. The molecule has 1 aromatic rings. The summed E-state index contributed by atoms with van der Waals surface area (Å²) < 4.78 is 34.2. The van der Waals surface area contributed by atoms with E-state index in [4.69, 9.17) is 15.7 Å². The molecule has 1 aliphatic rings. The second-order valence-corrected chi connectivity index (χ2v) is 5.17. The van der Waals surface area contributed by atoms with Crippen LogP contribution in [0.4, 0.5) is 11.8 Å². The molecule has 1 aliphatic heterocycles. The van der Waals surface area contributed by atoms with E-state index in [9.17, 15) is 8.42 Å². The van der Waals surface area contributed by atoms with Crippen molar-refractivity contribution in [1.82, 2.24) is 9.71 Å². The highest BCUT2D eigenvalue weighted by molar-refractivity contribution is 7.81. The van der Waals surface area contributed by atoms with Gasteiger partial charge in [0.25, 0.3) is 0 Å². The molecule has 2 heterocycles.